The maximum Gasteiger partial charge on any atom is 0.254 e. The Bertz CT molecular complexity index is 672. The molecular formula is C15H15N3O3. The predicted molar refractivity (Wildman–Crippen MR) is 73.2 cm³/mol. The minimum atomic E-state index is -1.09. The summed E-state index contributed by atoms with van der Waals surface area (Å²) in [6, 6.07) is 9.63. The molecule has 4 rings (SSSR count). The molecule has 0 bridgehead atoms. The number of aromatic nitrogens is 2. The van der Waals surface area contributed by atoms with E-state index in [0.717, 1.165) is 5.56 Å². The fraction of sp³-hybridized carbons (Fsp3) is 0.400. The number of amides is 1. The summed E-state index contributed by atoms with van der Waals surface area (Å²) in [5, 5.41) is 13.8. The summed E-state index contributed by atoms with van der Waals surface area (Å²) in [7, 11) is 0. The molecule has 0 radical (unpaired) electrons. The molecule has 6 heteroatoms. The second kappa shape index (κ2) is 4.39. The van der Waals surface area contributed by atoms with Crippen LogP contribution in [0.1, 0.15) is 24.7 Å². The molecule has 6 nitrogen and oxygen atoms in total. The summed E-state index contributed by atoms with van der Waals surface area (Å²) in [6.45, 7) is 1.08. The number of benzene rings is 1. The molecule has 1 amide bonds. The monoisotopic (exact) mass is 285 g/mol. The third kappa shape index (κ3) is 2.12. The van der Waals surface area contributed by atoms with E-state index in [0.29, 0.717) is 37.6 Å². The highest BCUT2D eigenvalue weighted by Crippen LogP contribution is 2.39. The third-order valence-electron chi connectivity index (χ3n) is 4.11. The first-order valence-electron chi connectivity index (χ1n) is 7.06. The molecule has 2 fully saturated rings. The van der Waals surface area contributed by atoms with E-state index in [9.17, 15) is 9.90 Å². The van der Waals surface area contributed by atoms with Gasteiger partial charge in [-0.05, 0) is 12.8 Å². The van der Waals surface area contributed by atoms with Gasteiger partial charge in [-0.1, -0.05) is 35.5 Å². The molecule has 1 N–H and O–H groups in total. The Morgan fingerprint density at radius 3 is 2.67 bits per heavy atom. The smallest absolute Gasteiger partial charge is 0.254 e. The van der Waals surface area contributed by atoms with E-state index in [1.807, 2.05) is 30.3 Å². The van der Waals surface area contributed by atoms with Gasteiger partial charge in [-0.25, -0.2) is 0 Å². The lowest BCUT2D eigenvalue weighted by atomic mass is 9.99. The lowest BCUT2D eigenvalue weighted by molar-refractivity contribution is -0.147. The van der Waals surface area contributed by atoms with Crippen molar-refractivity contribution in [2.45, 2.75) is 24.4 Å². The fourth-order valence-corrected chi connectivity index (χ4v) is 2.53. The zero-order valence-corrected chi connectivity index (χ0v) is 11.4. The van der Waals surface area contributed by atoms with Crippen molar-refractivity contribution in [2.24, 2.45) is 0 Å². The van der Waals surface area contributed by atoms with Gasteiger partial charge in [-0.2, -0.15) is 4.98 Å². The number of hydrogen-bond acceptors (Lipinski definition) is 5. The van der Waals surface area contributed by atoms with Crippen molar-refractivity contribution in [3.63, 3.8) is 0 Å². The number of hydrogen-bond donors (Lipinski definition) is 1. The van der Waals surface area contributed by atoms with E-state index in [-0.39, 0.29) is 11.8 Å². The Kier molecular flexibility index (Phi) is 2.62. The van der Waals surface area contributed by atoms with Crippen LogP contribution in [0.5, 0.6) is 0 Å². The molecule has 1 saturated heterocycles. The highest BCUT2D eigenvalue weighted by molar-refractivity contribution is 5.88. The molecular weight excluding hydrogens is 270 g/mol. The Hall–Kier alpha value is -2.21. The lowest BCUT2D eigenvalue weighted by Crippen LogP contribution is -2.53. The maximum atomic E-state index is 11.9. The number of carbonyl (C=O) groups excluding carboxylic acids is 1. The van der Waals surface area contributed by atoms with Crippen LogP contribution in [0.2, 0.25) is 0 Å². The second-order valence-corrected chi connectivity index (χ2v) is 5.76. The standard InChI is InChI=1S/C15H15N3O3/c19-14(15(20)6-7-15)18-8-11(9-18)13-16-12(17-21-13)10-4-2-1-3-5-10/h1-5,11,20H,6-9H2. The zero-order chi connectivity index (χ0) is 14.4. The molecule has 0 unspecified atom stereocenters. The van der Waals surface area contributed by atoms with Crippen LogP contribution in [-0.2, 0) is 4.79 Å². The van der Waals surface area contributed by atoms with Crippen molar-refractivity contribution in [1.82, 2.24) is 15.0 Å². The Morgan fingerprint density at radius 1 is 1.29 bits per heavy atom. The highest BCUT2D eigenvalue weighted by atomic mass is 16.5. The molecule has 1 saturated carbocycles. The van der Waals surface area contributed by atoms with Gasteiger partial charge in [0.1, 0.15) is 5.60 Å². The Morgan fingerprint density at radius 2 is 2.00 bits per heavy atom. The van der Waals surface area contributed by atoms with Crippen molar-refractivity contribution < 1.29 is 14.4 Å². The molecule has 1 aliphatic heterocycles. The molecule has 0 spiro atoms. The van der Waals surface area contributed by atoms with E-state index in [4.69, 9.17) is 4.52 Å². The quantitative estimate of drug-likeness (QED) is 0.916. The first-order chi connectivity index (χ1) is 10.2. The van der Waals surface area contributed by atoms with Gasteiger partial charge >= 0.3 is 0 Å². The molecule has 2 aromatic rings. The van der Waals surface area contributed by atoms with Gasteiger partial charge in [0.2, 0.25) is 11.7 Å². The number of rotatable bonds is 3. The average molecular weight is 285 g/mol. The Labute approximate surface area is 121 Å². The number of aliphatic hydroxyl groups is 1. The van der Waals surface area contributed by atoms with E-state index in [1.54, 1.807) is 4.90 Å². The van der Waals surface area contributed by atoms with Gasteiger partial charge in [0.15, 0.2) is 0 Å². The molecule has 2 aliphatic rings. The summed E-state index contributed by atoms with van der Waals surface area (Å²) >= 11 is 0. The molecule has 1 aromatic heterocycles. The predicted octanol–water partition coefficient (Wildman–Crippen LogP) is 1.19. The largest absolute Gasteiger partial charge is 0.380 e. The first-order valence-corrected chi connectivity index (χ1v) is 7.06. The van der Waals surface area contributed by atoms with E-state index in [1.165, 1.54) is 0 Å². The van der Waals surface area contributed by atoms with E-state index < -0.39 is 5.60 Å². The van der Waals surface area contributed by atoms with Crippen LogP contribution >= 0.6 is 0 Å². The minimum absolute atomic E-state index is 0.0706. The summed E-state index contributed by atoms with van der Waals surface area (Å²) in [5.74, 6) is 1.03. The molecule has 2 heterocycles. The number of nitrogens with zero attached hydrogens (tertiary/aromatic N) is 3. The fourth-order valence-electron chi connectivity index (χ4n) is 2.53. The van der Waals surface area contributed by atoms with Crippen molar-refractivity contribution in [1.29, 1.82) is 0 Å². The summed E-state index contributed by atoms with van der Waals surface area (Å²) in [4.78, 5) is 18.0. The summed E-state index contributed by atoms with van der Waals surface area (Å²) in [6.07, 6.45) is 1.15. The van der Waals surface area contributed by atoms with Crippen LogP contribution in [0.15, 0.2) is 34.9 Å². The van der Waals surface area contributed by atoms with Crippen LogP contribution in [-0.4, -0.2) is 44.7 Å². The first kappa shape index (κ1) is 12.5. The minimum Gasteiger partial charge on any atom is -0.380 e. The highest BCUT2D eigenvalue weighted by Gasteiger charge is 2.52. The van der Waals surface area contributed by atoms with Gasteiger partial charge < -0.3 is 14.5 Å². The SMILES string of the molecule is O=C(N1CC(c2nc(-c3ccccc3)no2)C1)C1(O)CC1. The van der Waals surface area contributed by atoms with Crippen LogP contribution < -0.4 is 0 Å². The third-order valence-corrected chi connectivity index (χ3v) is 4.11. The lowest BCUT2D eigenvalue weighted by Gasteiger charge is -2.38. The molecule has 0 atom stereocenters. The van der Waals surface area contributed by atoms with Gasteiger partial charge in [-0.15, -0.1) is 0 Å². The van der Waals surface area contributed by atoms with Crippen LogP contribution in [0.4, 0.5) is 0 Å². The maximum absolute atomic E-state index is 11.9. The van der Waals surface area contributed by atoms with Gasteiger partial charge in [0, 0.05) is 18.7 Å². The molecule has 1 aromatic carbocycles. The summed E-state index contributed by atoms with van der Waals surface area (Å²) < 4.78 is 5.29. The zero-order valence-electron chi connectivity index (χ0n) is 11.4. The van der Waals surface area contributed by atoms with Crippen LogP contribution in [0.3, 0.4) is 0 Å². The van der Waals surface area contributed by atoms with Crippen LogP contribution in [0.25, 0.3) is 11.4 Å². The molecule has 21 heavy (non-hydrogen) atoms. The van der Waals surface area contributed by atoms with Gasteiger partial charge in [0.05, 0.1) is 5.92 Å². The van der Waals surface area contributed by atoms with E-state index >= 15 is 0 Å². The van der Waals surface area contributed by atoms with Gasteiger partial charge in [0.25, 0.3) is 5.91 Å². The van der Waals surface area contributed by atoms with Crippen LogP contribution in [0, 0.1) is 0 Å². The molecule has 1 aliphatic carbocycles. The van der Waals surface area contributed by atoms with Gasteiger partial charge in [-0.3, -0.25) is 4.79 Å². The average Bonchev–Trinajstić information content (AvgIpc) is 3.03. The number of carbonyl (C=O) groups is 1. The van der Waals surface area contributed by atoms with Crippen molar-refractivity contribution >= 4 is 5.91 Å². The summed E-state index contributed by atoms with van der Waals surface area (Å²) in [5.41, 5.74) is -0.179. The number of likely N-dealkylation sites (tertiary alicyclic amines) is 1. The second-order valence-electron chi connectivity index (χ2n) is 5.76. The van der Waals surface area contributed by atoms with E-state index in [2.05, 4.69) is 10.1 Å². The van der Waals surface area contributed by atoms with Crippen molar-refractivity contribution in [3.05, 3.63) is 36.2 Å². The normalized spacial score (nSPS) is 20.1. The van der Waals surface area contributed by atoms with Crippen molar-refractivity contribution in [3.8, 4) is 11.4 Å². The topological polar surface area (TPSA) is 79.5 Å². The molecule has 108 valence electrons. The Balaban J connectivity index is 1.43. The van der Waals surface area contributed by atoms with Crippen molar-refractivity contribution in [2.75, 3.05) is 13.1 Å².